The summed E-state index contributed by atoms with van der Waals surface area (Å²) in [4.78, 5) is 15.0. The van der Waals surface area contributed by atoms with E-state index < -0.39 is 0 Å². The zero-order chi connectivity index (χ0) is 17.8. The number of ether oxygens (including phenoxy) is 1. The number of anilines is 2. The Hall–Kier alpha value is -2.53. The molecule has 1 amide bonds. The highest BCUT2D eigenvalue weighted by atomic mass is 16.5. The third-order valence-corrected chi connectivity index (χ3v) is 4.78. The molecule has 5 heteroatoms. The number of methoxy groups -OCH3 is 1. The van der Waals surface area contributed by atoms with Crippen LogP contribution in [-0.4, -0.2) is 37.0 Å². The summed E-state index contributed by atoms with van der Waals surface area (Å²) >= 11 is 0. The maximum absolute atomic E-state index is 13.1. The molecule has 0 bridgehead atoms. The molecule has 0 aromatic heterocycles. The SMILES string of the molecule is COc1ccc(Nc2ccccc2C(=O)N2CC(CN)CC2C)cc1. The molecule has 2 aromatic rings. The van der Waals surface area contributed by atoms with Crippen molar-refractivity contribution in [3.8, 4) is 5.75 Å². The van der Waals surface area contributed by atoms with Gasteiger partial charge in [-0.3, -0.25) is 4.79 Å². The van der Waals surface area contributed by atoms with Crippen LogP contribution in [0.25, 0.3) is 0 Å². The molecule has 5 nitrogen and oxygen atoms in total. The third kappa shape index (κ3) is 3.77. The second-order valence-electron chi connectivity index (χ2n) is 6.54. The Morgan fingerprint density at radius 2 is 1.96 bits per heavy atom. The van der Waals surface area contributed by atoms with E-state index in [1.54, 1.807) is 7.11 Å². The number of carbonyl (C=O) groups excluding carboxylic acids is 1. The number of nitrogens with two attached hydrogens (primary N) is 1. The molecule has 0 saturated carbocycles. The first kappa shape index (κ1) is 17.3. The number of benzene rings is 2. The lowest BCUT2D eigenvalue weighted by atomic mass is 10.1. The number of hydrogen-bond donors (Lipinski definition) is 2. The summed E-state index contributed by atoms with van der Waals surface area (Å²) < 4.78 is 5.18. The van der Waals surface area contributed by atoms with E-state index >= 15 is 0 Å². The smallest absolute Gasteiger partial charge is 0.256 e. The van der Waals surface area contributed by atoms with Crippen LogP contribution in [0.5, 0.6) is 5.75 Å². The zero-order valence-electron chi connectivity index (χ0n) is 14.7. The molecule has 1 aliphatic rings. The summed E-state index contributed by atoms with van der Waals surface area (Å²) in [7, 11) is 1.64. The van der Waals surface area contributed by atoms with Crippen molar-refractivity contribution in [3.63, 3.8) is 0 Å². The lowest BCUT2D eigenvalue weighted by Gasteiger charge is -2.23. The number of rotatable bonds is 5. The van der Waals surface area contributed by atoms with Gasteiger partial charge in [0.2, 0.25) is 0 Å². The minimum Gasteiger partial charge on any atom is -0.497 e. The Morgan fingerprint density at radius 1 is 1.24 bits per heavy atom. The van der Waals surface area contributed by atoms with Crippen LogP contribution in [-0.2, 0) is 0 Å². The van der Waals surface area contributed by atoms with Crippen LogP contribution in [0.4, 0.5) is 11.4 Å². The minimum atomic E-state index is 0.0556. The molecule has 0 aliphatic carbocycles. The van der Waals surface area contributed by atoms with Gasteiger partial charge < -0.3 is 20.7 Å². The Labute approximate surface area is 148 Å². The Bertz CT molecular complexity index is 730. The predicted molar refractivity (Wildman–Crippen MR) is 100 cm³/mol. The normalized spacial score (nSPS) is 19.7. The first-order valence-corrected chi connectivity index (χ1v) is 8.63. The highest BCUT2D eigenvalue weighted by molar-refractivity contribution is 6.00. The largest absolute Gasteiger partial charge is 0.497 e. The van der Waals surface area contributed by atoms with Gasteiger partial charge in [0.1, 0.15) is 5.75 Å². The molecule has 25 heavy (non-hydrogen) atoms. The molecular formula is C20H25N3O2. The fourth-order valence-electron chi connectivity index (χ4n) is 3.36. The van der Waals surface area contributed by atoms with Gasteiger partial charge in [0.15, 0.2) is 0 Å². The van der Waals surface area contributed by atoms with Crippen LogP contribution in [0, 0.1) is 5.92 Å². The molecule has 2 aromatic carbocycles. The molecule has 1 aliphatic heterocycles. The first-order valence-electron chi connectivity index (χ1n) is 8.63. The summed E-state index contributed by atoms with van der Waals surface area (Å²) in [5.74, 6) is 1.24. The standard InChI is InChI=1S/C20H25N3O2/c1-14-11-15(12-21)13-23(14)20(24)18-5-3-4-6-19(18)22-16-7-9-17(25-2)10-8-16/h3-10,14-15,22H,11-13,21H2,1-2H3. The molecule has 0 radical (unpaired) electrons. The summed E-state index contributed by atoms with van der Waals surface area (Å²) in [5, 5.41) is 3.34. The van der Waals surface area contributed by atoms with E-state index in [2.05, 4.69) is 12.2 Å². The fraction of sp³-hybridized carbons (Fsp3) is 0.350. The fourth-order valence-corrected chi connectivity index (χ4v) is 3.36. The molecule has 1 heterocycles. The lowest BCUT2D eigenvalue weighted by Crippen LogP contribution is -2.34. The van der Waals surface area contributed by atoms with Gasteiger partial charge in [-0.05, 0) is 62.2 Å². The molecule has 1 fully saturated rings. The van der Waals surface area contributed by atoms with Gasteiger partial charge in [0.05, 0.1) is 18.4 Å². The summed E-state index contributed by atoms with van der Waals surface area (Å²) in [6.07, 6.45) is 0.969. The van der Waals surface area contributed by atoms with Gasteiger partial charge in [-0.2, -0.15) is 0 Å². The minimum absolute atomic E-state index is 0.0556. The quantitative estimate of drug-likeness (QED) is 0.877. The van der Waals surface area contributed by atoms with E-state index in [9.17, 15) is 4.79 Å². The highest BCUT2D eigenvalue weighted by Crippen LogP contribution is 2.28. The van der Waals surface area contributed by atoms with E-state index in [0.29, 0.717) is 18.0 Å². The number of nitrogens with zero attached hydrogens (tertiary/aromatic N) is 1. The Balaban J connectivity index is 1.81. The van der Waals surface area contributed by atoms with E-state index in [0.717, 1.165) is 30.1 Å². The predicted octanol–water partition coefficient (Wildman–Crippen LogP) is 3.25. The van der Waals surface area contributed by atoms with Crippen molar-refractivity contribution in [1.82, 2.24) is 4.90 Å². The molecule has 2 atom stereocenters. The second-order valence-corrected chi connectivity index (χ2v) is 6.54. The molecule has 2 unspecified atom stereocenters. The van der Waals surface area contributed by atoms with Crippen LogP contribution in [0.3, 0.4) is 0 Å². The van der Waals surface area contributed by atoms with Crippen molar-refractivity contribution in [3.05, 3.63) is 54.1 Å². The van der Waals surface area contributed by atoms with Gasteiger partial charge >= 0.3 is 0 Å². The van der Waals surface area contributed by atoms with Crippen molar-refractivity contribution in [1.29, 1.82) is 0 Å². The van der Waals surface area contributed by atoms with Crippen LogP contribution < -0.4 is 15.8 Å². The van der Waals surface area contributed by atoms with E-state index in [-0.39, 0.29) is 11.9 Å². The number of carbonyl (C=O) groups is 1. The Kier molecular flexibility index (Phi) is 5.24. The monoisotopic (exact) mass is 339 g/mol. The number of amides is 1. The van der Waals surface area contributed by atoms with Gasteiger partial charge in [-0.1, -0.05) is 12.1 Å². The zero-order valence-corrected chi connectivity index (χ0v) is 14.7. The van der Waals surface area contributed by atoms with E-state index in [4.69, 9.17) is 10.5 Å². The lowest BCUT2D eigenvalue weighted by molar-refractivity contribution is 0.0744. The van der Waals surface area contributed by atoms with Gasteiger partial charge in [-0.25, -0.2) is 0 Å². The van der Waals surface area contributed by atoms with Crippen LogP contribution in [0.1, 0.15) is 23.7 Å². The molecule has 3 rings (SSSR count). The maximum atomic E-state index is 13.1. The number of para-hydroxylation sites is 1. The van der Waals surface area contributed by atoms with Gasteiger partial charge in [0, 0.05) is 18.3 Å². The van der Waals surface area contributed by atoms with Crippen molar-refractivity contribution in [2.45, 2.75) is 19.4 Å². The summed E-state index contributed by atoms with van der Waals surface area (Å²) in [6, 6.07) is 15.5. The maximum Gasteiger partial charge on any atom is 0.256 e. The molecule has 132 valence electrons. The van der Waals surface area contributed by atoms with Crippen LogP contribution >= 0.6 is 0 Å². The van der Waals surface area contributed by atoms with E-state index in [1.165, 1.54) is 0 Å². The molecule has 0 spiro atoms. The Morgan fingerprint density at radius 3 is 2.60 bits per heavy atom. The van der Waals surface area contributed by atoms with Gasteiger partial charge in [0.25, 0.3) is 5.91 Å². The summed E-state index contributed by atoms with van der Waals surface area (Å²) in [6.45, 7) is 3.44. The van der Waals surface area contributed by atoms with E-state index in [1.807, 2.05) is 53.4 Å². The third-order valence-electron chi connectivity index (χ3n) is 4.78. The van der Waals surface area contributed by atoms with Crippen molar-refractivity contribution in [2.75, 3.05) is 25.5 Å². The van der Waals surface area contributed by atoms with Crippen LogP contribution in [0.15, 0.2) is 48.5 Å². The van der Waals surface area contributed by atoms with Crippen LogP contribution in [0.2, 0.25) is 0 Å². The average molecular weight is 339 g/mol. The number of likely N-dealkylation sites (tertiary alicyclic amines) is 1. The van der Waals surface area contributed by atoms with Crippen molar-refractivity contribution in [2.24, 2.45) is 11.7 Å². The number of nitrogens with one attached hydrogen (secondary N) is 1. The number of hydrogen-bond acceptors (Lipinski definition) is 4. The van der Waals surface area contributed by atoms with Gasteiger partial charge in [-0.15, -0.1) is 0 Å². The average Bonchev–Trinajstić information content (AvgIpc) is 3.03. The summed E-state index contributed by atoms with van der Waals surface area (Å²) in [5.41, 5.74) is 8.19. The molecular weight excluding hydrogens is 314 g/mol. The first-order chi connectivity index (χ1) is 12.1. The molecule has 1 saturated heterocycles. The topological polar surface area (TPSA) is 67.6 Å². The molecule has 3 N–H and O–H groups in total. The van der Waals surface area contributed by atoms with Crippen molar-refractivity contribution < 1.29 is 9.53 Å². The highest BCUT2D eigenvalue weighted by Gasteiger charge is 2.32. The second kappa shape index (κ2) is 7.57. The van der Waals surface area contributed by atoms with Crippen molar-refractivity contribution >= 4 is 17.3 Å².